The van der Waals surface area contributed by atoms with E-state index in [1.165, 1.54) is 0 Å². The minimum Gasteiger partial charge on any atom is -0.341 e. The maximum atomic E-state index is 12.8. The van der Waals surface area contributed by atoms with Gasteiger partial charge in [-0.25, -0.2) is 0 Å². The Morgan fingerprint density at radius 1 is 1.45 bits per heavy atom. The molecule has 2 atom stereocenters. The molecule has 3 rings (SSSR count). The zero-order chi connectivity index (χ0) is 15.7. The zero-order valence-corrected chi connectivity index (χ0v) is 13.5. The molecule has 5 nitrogen and oxygen atoms in total. The lowest BCUT2D eigenvalue weighted by molar-refractivity contribution is -0.140. The summed E-state index contributed by atoms with van der Waals surface area (Å²) in [4.78, 5) is 19.3. The summed E-state index contributed by atoms with van der Waals surface area (Å²) < 4.78 is 5.37. The number of aromatic nitrogens is 2. The fraction of sp³-hybridized carbons (Fsp3) is 0.706. The van der Waals surface area contributed by atoms with Crippen LogP contribution in [0.2, 0.25) is 0 Å². The van der Waals surface area contributed by atoms with Crippen LogP contribution in [0.25, 0.3) is 0 Å². The van der Waals surface area contributed by atoms with E-state index < -0.39 is 5.41 Å². The molecule has 0 spiro atoms. The van der Waals surface area contributed by atoms with Crippen LogP contribution in [0, 0.1) is 5.41 Å². The Morgan fingerprint density at radius 2 is 2.23 bits per heavy atom. The summed E-state index contributed by atoms with van der Waals surface area (Å²) in [5, 5.41) is 4.15. The molecule has 1 aliphatic carbocycles. The van der Waals surface area contributed by atoms with Crippen molar-refractivity contribution in [2.75, 3.05) is 13.1 Å². The van der Waals surface area contributed by atoms with E-state index in [0.717, 1.165) is 50.4 Å². The number of hydrogen-bond donors (Lipinski definition) is 0. The van der Waals surface area contributed by atoms with E-state index in [2.05, 4.69) is 16.7 Å². The number of rotatable bonds is 5. The van der Waals surface area contributed by atoms with Crippen molar-refractivity contribution in [3.63, 3.8) is 0 Å². The van der Waals surface area contributed by atoms with E-state index >= 15 is 0 Å². The lowest BCUT2D eigenvalue weighted by atomic mass is 9.84. The van der Waals surface area contributed by atoms with Crippen LogP contribution in [0.1, 0.15) is 69.5 Å². The monoisotopic (exact) mass is 303 g/mol. The molecule has 1 aromatic rings. The SMILES string of the molecule is C=CC(C)(CC)C(=O)N1CCCC(c2noc(C3CC3)n2)C1. The van der Waals surface area contributed by atoms with E-state index in [1.807, 2.05) is 18.7 Å². The molecule has 1 aliphatic heterocycles. The number of carbonyl (C=O) groups excluding carboxylic acids is 1. The van der Waals surface area contributed by atoms with Gasteiger partial charge >= 0.3 is 0 Å². The van der Waals surface area contributed by atoms with E-state index in [4.69, 9.17) is 4.52 Å². The van der Waals surface area contributed by atoms with Crippen molar-refractivity contribution in [2.45, 2.75) is 57.8 Å². The number of carbonyl (C=O) groups is 1. The molecule has 2 heterocycles. The van der Waals surface area contributed by atoms with Crippen LogP contribution < -0.4 is 0 Å². The molecule has 1 aromatic heterocycles. The molecule has 0 aromatic carbocycles. The van der Waals surface area contributed by atoms with E-state index in [0.29, 0.717) is 12.5 Å². The Bertz CT molecular complexity index is 564. The van der Waals surface area contributed by atoms with Gasteiger partial charge in [0.05, 0.1) is 5.41 Å². The predicted molar refractivity (Wildman–Crippen MR) is 83.4 cm³/mol. The maximum absolute atomic E-state index is 12.8. The standard InChI is InChI=1S/C17H25N3O2/c1-4-17(3,5-2)16(21)20-10-6-7-13(11-20)14-18-15(22-19-14)12-8-9-12/h4,12-13H,1,5-11H2,2-3H3. The first kappa shape index (κ1) is 15.3. The number of likely N-dealkylation sites (tertiary alicyclic amines) is 1. The number of amides is 1. The third-order valence-corrected chi connectivity index (χ3v) is 5.13. The summed E-state index contributed by atoms with van der Waals surface area (Å²) in [6.07, 6.45) is 6.87. The zero-order valence-electron chi connectivity index (χ0n) is 13.5. The summed E-state index contributed by atoms with van der Waals surface area (Å²) in [5.41, 5.74) is -0.474. The molecule has 0 N–H and O–H groups in total. The quantitative estimate of drug-likeness (QED) is 0.783. The fourth-order valence-electron chi connectivity index (χ4n) is 3.03. The lowest BCUT2D eigenvalue weighted by Crippen LogP contribution is -2.46. The molecule has 2 fully saturated rings. The molecule has 2 unspecified atom stereocenters. The van der Waals surface area contributed by atoms with E-state index in [1.54, 1.807) is 6.08 Å². The number of hydrogen-bond acceptors (Lipinski definition) is 4. The van der Waals surface area contributed by atoms with Gasteiger partial charge in [0.2, 0.25) is 11.8 Å². The van der Waals surface area contributed by atoms with Gasteiger partial charge in [-0.1, -0.05) is 18.2 Å². The minimum atomic E-state index is -0.474. The third-order valence-electron chi connectivity index (χ3n) is 5.13. The highest BCUT2D eigenvalue weighted by Crippen LogP contribution is 2.40. The molecular weight excluding hydrogens is 278 g/mol. The van der Waals surface area contributed by atoms with Gasteiger partial charge in [-0.3, -0.25) is 4.79 Å². The van der Waals surface area contributed by atoms with Crippen molar-refractivity contribution in [2.24, 2.45) is 5.41 Å². The average molecular weight is 303 g/mol. The minimum absolute atomic E-state index is 0.167. The van der Waals surface area contributed by atoms with Crippen LogP contribution in [-0.2, 0) is 4.79 Å². The van der Waals surface area contributed by atoms with Gasteiger partial charge < -0.3 is 9.42 Å². The summed E-state index contributed by atoms with van der Waals surface area (Å²) >= 11 is 0. The second-order valence-electron chi connectivity index (χ2n) is 6.83. The Morgan fingerprint density at radius 3 is 2.86 bits per heavy atom. The first-order valence-electron chi connectivity index (χ1n) is 8.34. The topological polar surface area (TPSA) is 59.2 Å². The predicted octanol–water partition coefficient (Wildman–Crippen LogP) is 3.26. The van der Waals surface area contributed by atoms with Gasteiger partial charge in [0.15, 0.2) is 5.82 Å². The van der Waals surface area contributed by atoms with Gasteiger partial charge in [0.1, 0.15) is 0 Å². The molecule has 1 saturated carbocycles. The third kappa shape index (κ3) is 2.81. The van der Waals surface area contributed by atoms with Crippen LogP contribution in [0.3, 0.4) is 0 Å². The van der Waals surface area contributed by atoms with Gasteiger partial charge in [0.25, 0.3) is 0 Å². The molecule has 0 bridgehead atoms. The van der Waals surface area contributed by atoms with E-state index in [9.17, 15) is 4.79 Å². The summed E-state index contributed by atoms with van der Waals surface area (Å²) in [6, 6.07) is 0. The van der Waals surface area contributed by atoms with E-state index in [-0.39, 0.29) is 11.8 Å². The molecule has 1 amide bonds. The van der Waals surface area contributed by atoms with Crippen molar-refractivity contribution in [1.29, 1.82) is 0 Å². The summed E-state index contributed by atoms with van der Waals surface area (Å²) in [7, 11) is 0. The Kier molecular flexibility index (Phi) is 4.06. The van der Waals surface area contributed by atoms with Crippen molar-refractivity contribution in [3.05, 3.63) is 24.4 Å². The molecule has 120 valence electrons. The van der Waals surface area contributed by atoms with Gasteiger partial charge in [-0.2, -0.15) is 4.98 Å². The van der Waals surface area contributed by atoms with Crippen LogP contribution in [0.5, 0.6) is 0 Å². The highest BCUT2D eigenvalue weighted by Gasteiger charge is 2.37. The maximum Gasteiger partial charge on any atom is 0.232 e. The van der Waals surface area contributed by atoms with Crippen LogP contribution in [0.4, 0.5) is 0 Å². The first-order chi connectivity index (χ1) is 10.6. The van der Waals surface area contributed by atoms with Gasteiger partial charge in [-0.15, -0.1) is 6.58 Å². The van der Waals surface area contributed by atoms with Crippen LogP contribution in [0.15, 0.2) is 17.2 Å². The fourth-order valence-corrected chi connectivity index (χ4v) is 3.03. The number of nitrogens with zero attached hydrogens (tertiary/aromatic N) is 3. The van der Waals surface area contributed by atoms with Crippen molar-refractivity contribution in [3.8, 4) is 0 Å². The lowest BCUT2D eigenvalue weighted by Gasteiger charge is -2.36. The van der Waals surface area contributed by atoms with Crippen molar-refractivity contribution in [1.82, 2.24) is 15.0 Å². The molecule has 0 radical (unpaired) electrons. The smallest absolute Gasteiger partial charge is 0.232 e. The molecule has 5 heteroatoms. The second-order valence-corrected chi connectivity index (χ2v) is 6.83. The van der Waals surface area contributed by atoms with Crippen molar-refractivity contribution >= 4 is 5.91 Å². The molecular formula is C17H25N3O2. The summed E-state index contributed by atoms with van der Waals surface area (Å²) in [5.74, 6) is 2.39. The number of piperidine rings is 1. The van der Waals surface area contributed by atoms with Crippen LogP contribution >= 0.6 is 0 Å². The highest BCUT2D eigenvalue weighted by molar-refractivity contribution is 5.84. The molecule has 1 saturated heterocycles. The molecule has 2 aliphatic rings. The highest BCUT2D eigenvalue weighted by atomic mass is 16.5. The van der Waals surface area contributed by atoms with Crippen LogP contribution in [-0.4, -0.2) is 34.0 Å². The first-order valence-corrected chi connectivity index (χ1v) is 8.34. The second kappa shape index (κ2) is 5.86. The van der Waals surface area contributed by atoms with Gasteiger partial charge in [-0.05, 0) is 39.0 Å². The average Bonchev–Trinajstić information content (AvgIpc) is 3.30. The molecule has 22 heavy (non-hydrogen) atoms. The van der Waals surface area contributed by atoms with Gasteiger partial charge in [0, 0.05) is 24.9 Å². The summed E-state index contributed by atoms with van der Waals surface area (Å²) in [6.45, 7) is 9.33. The Hall–Kier alpha value is -1.65. The van der Waals surface area contributed by atoms with Crippen molar-refractivity contribution < 1.29 is 9.32 Å². The largest absolute Gasteiger partial charge is 0.341 e. The Labute approximate surface area is 131 Å². The normalized spacial score (nSPS) is 24.8. The Balaban J connectivity index is 1.70.